The van der Waals surface area contributed by atoms with Gasteiger partial charge in [0.1, 0.15) is 5.78 Å². The number of rotatable bonds is 3. The summed E-state index contributed by atoms with van der Waals surface area (Å²) in [4.78, 5) is 11.3. The fraction of sp³-hybridized carbons (Fsp3) is 0.800. The smallest absolute Gasteiger partial charge is 0.133 e. The molecule has 2 rings (SSSR count). The van der Waals surface area contributed by atoms with Crippen LogP contribution in [0.3, 0.4) is 0 Å². The van der Waals surface area contributed by atoms with Gasteiger partial charge in [0, 0.05) is 12.0 Å². The van der Waals surface area contributed by atoms with E-state index < -0.39 is 0 Å². The van der Waals surface area contributed by atoms with E-state index in [0.29, 0.717) is 23.7 Å². The number of hydrogen-bond acceptors (Lipinski definition) is 2. The van der Waals surface area contributed by atoms with Crippen LogP contribution >= 0.6 is 12.2 Å². The van der Waals surface area contributed by atoms with E-state index in [1.165, 1.54) is 12.8 Å². The molecular formula is C10H15NOS. The van der Waals surface area contributed by atoms with Gasteiger partial charge in [0.25, 0.3) is 0 Å². The van der Waals surface area contributed by atoms with Gasteiger partial charge in [0.15, 0.2) is 0 Å². The van der Waals surface area contributed by atoms with Crippen LogP contribution in [-0.2, 0) is 4.79 Å². The summed E-state index contributed by atoms with van der Waals surface area (Å²) in [6.07, 6.45) is 3.56. The highest BCUT2D eigenvalue weighted by Gasteiger charge is 2.47. The van der Waals surface area contributed by atoms with Crippen molar-refractivity contribution in [2.24, 2.45) is 17.8 Å². The van der Waals surface area contributed by atoms with Crippen molar-refractivity contribution in [2.45, 2.75) is 32.2 Å². The summed E-state index contributed by atoms with van der Waals surface area (Å²) in [5.41, 5.74) is 1.60. The Kier molecular flexibility index (Phi) is 2.37. The molecule has 4 atom stereocenters. The zero-order chi connectivity index (χ0) is 9.42. The lowest BCUT2D eigenvalue weighted by atomic mass is 9.83. The first-order valence-corrected chi connectivity index (χ1v) is 5.39. The zero-order valence-electron chi connectivity index (χ0n) is 7.82. The Morgan fingerprint density at radius 2 is 2.23 bits per heavy atom. The van der Waals surface area contributed by atoms with E-state index in [9.17, 15) is 4.79 Å². The maximum atomic E-state index is 11.3. The number of carbonyl (C=O) groups excluding carboxylic acids is 1. The fourth-order valence-corrected chi connectivity index (χ4v) is 3.27. The molecule has 0 aromatic rings. The van der Waals surface area contributed by atoms with E-state index >= 15 is 0 Å². The highest BCUT2D eigenvalue weighted by Crippen LogP contribution is 2.48. The number of Topliss-reactive ketones (excluding diaryl/α,β-unsaturated/α-hetero) is 1. The minimum atomic E-state index is 0.311. The summed E-state index contributed by atoms with van der Waals surface area (Å²) < 4.78 is 0. The van der Waals surface area contributed by atoms with Crippen molar-refractivity contribution >= 4 is 23.5 Å². The molecule has 0 spiro atoms. The maximum Gasteiger partial charge on any atom is 0.133 e. The van der Waals surface area contributed by atoms with E-state index in [1.807, 2.05) is 0 Å². The molecule has 1 N–H and O–H groups in total. The number of fused-ring (bicyclic) bond motifs is 2. The van der Waals surface area contributed by atoms with Crippen LogP contribution in [0.2, 0.25) is 0 Å². The van der Waals surface area contributed by atoms with E-state index in [0.717, 1.165) is 12.3 Å². The molecule has 2 saturated carbocycles. The summed E-state index contributed by atoms with van der Waals surface area (Å²) in [5.74, 6) is 2.00. The summed E-state index contributed by atoms with van der Waals surface area (Å²) in [7, 11) is 0. The second kappa shape index (κ2) is 3.37. The molecule has 2 nitrogen and oxygen atoms in total. The van der Waals surface area contributed by atoms with Crippen LogP contribution in [-0.4, -0.2) is 17.3 Å². The molecule has 4 unspecified atom stereocenters. The van der Waals surface area contributed by atoms with E-state index in [1.54, 1.807) is 12.4 Å². The van der Waals surface area contributed by atoms with Crippen LogP contribution in [0.4, 0.5) is 0 Å². The van der Waals surface area contributed by atoms with Crippen LogP contribution in [0.5, 0.6) is 0 Å². The lowest BCUT2D eigenvalue weighted by Gasteiger charge is -2.27. The Hall–Kier alpha value is -0.440. The largest absolute Gasteiger partial charge is 0.379 e. The standard InChI is InChI=1S/C10H15NOS/c1-6(12)8-2-7-3-9(8)10(4-7)11-5-13/h5,7-10H,2-4H2,1H3,(H,11,13). The first kappa shape index (κ1) is 9.13. The van der Waals surface area contributed by atoms with Crippen LogP contribution in [0.25, 0.3) is 0 Å². The summed E-state index contributed by atoms with van der Waals surface area (Å²) in [6.45, 7) is 1.72. The van der Waals surface area contributed by atoms with Crippen molar-refractivity contribution in [3.05, 3.63) is 0 Å². The maximum absolute atomic E-state index is 11.3. The Balaban J connectivity index is 2.06. The first-order chi connectivity index (χ1) is 6.22. The van der Waals surface area contributed by atoms with Crippen molar-refractivity contribution in [2.75, 3.05) is 0 Å². The molecule has 72 valence electrons. The number of thiocarbonyl (C=S) groups is 1. The predicted molar refractivity (Wildman–Crippen MR) is 55.6 cm³/mol. The Labute approximate surface area is 84.1 Å². The fourth-order valence-electron chi connectivity index (χ4n) is 3.10. The highest BCUT2D eigenvalue weighted by atomic mass is 32.1. The van der Waals surface area contributed by atoms with Crippen LogP contribution in [0.15, 0.2) is 0 Å². The van der Waals surface area contributed by atoms with Gasteiger partial charge in [-0.3, -0.25) is 4.79 Å². The Morgan fingerprint density at radius 1 is 1.46 bits per heavy atom. The molecule has 0 aromatic heterocycles. The summed E-state index contributed by atoms with van der Waals surface area (Å²) >= 11 is 4.79. The Bertz CT molecular complexity index is 241. The number of ketones is 1. The summed E-state index contributed by atoms with van der Waals surface area (Å²) in [6, 6.07) is 0.477. The molecule has 2 bridgehead atoms. The van der Waals surface area contributed by atoms with E-state index in [2.05, 4.69) is 5.32 Å². The molecule has 0 radical (unpaired) electrons. The van der Waals surface area contributed by atoms with Gasteiger partial charge in [-0.15, -0.1) is 0 Å². The number of carbonyl (C=O) groups is 1. The van der Waals surface area contributed by atoms with Gasteiger partial charge in [-0.2, -0.15) is 0 Å². The van der Waals surface area contributed by atoms with Gasteiger partial charge in [0.2, 0.25) is 0 Å². The minimum Gasteiger partial charge on any atom is -0.379 e. The van der Waals surface area contributed by atoms with Crippen LogP contribution < -0.4 is 5.32 Å². The molecule has 3 heteroatoms. The van der Waals surface area contributed by atoms with Gasteiger partial charge in [0.05, 0.1) is 5.49 Å². The topological polar surface area (TPSA) is 29.1 Å². The summed E-state index contributed by atoms with van der Waals surface area (Å²) in [5, 5.41) is 3.20. The van der Waals surface area contributed by atoms with Crippen molar-refractivity contribution in [3.8, 4) is 0 Å². The number of nitrogens with one attached hydrogen (secondary N) is 1. The molecule has 0 amide bonds. The molecule has 0 aliphatic heterocycles. The normalized spacial score (nSPS) is 41.9. The minimum absolute atomic E-state index is 0.311. The quantitative estimate of drug-likeness (QED) is 0.696. The molecule has 13 heavy (non-hydrogen) atoms. The first-order valence-electron chi connectivity index (χ1n) is 4.92. The third-order valence-electron chi connectivity index (χ3n) is 3.62. The molecule has 0 aromatic carbocycles. The van der Waals surface area contributed by atoms with Crippen LogP contribution in [0.1, 0.15) is 26.2 Å². The predicted octanol–water partition coefficient (Wildman–Crippen LogP) is 1.54. The Morgan fingerprint density at radius 3 is 2.77 bits per heavy atom. The lowest BCUT2D eigenvalue weighted by Crippen LogP contribution is -2.38. The molecular weight excluding hydrogens is 182 g/mol. The van der Waals surface area contributed by atoms with Crippen molar-refractivity contribution < 1.29 is 4.79 Å². The zero-order valence-corrected chi connectivity index (χ0v) is 8.64. The second-order valence-electron chi connectivity index (χ2n) is 4.35. The van der Waals surface area contributed by atoms with Crippen molar-refractivity contribution in [1.82, 2.24) is 5.32 Å². The number of hydrogen-bond donors (Lipinski definition) is 1. The average Bonchev–Trinajstić information content (AvgIpc) is 2.62. The van der Waals surface area contributed by atoms with E-state index in [4.69, 9.17) is 12.2 Å². The molecule has 2 fully saturated rings. The van der Waals surface area contributed by atoms with Gasteiger partial charge >= 0.3 is 0 Å². The monoisotopic (exact) mass is 197 g/mol. The van der Waals surface area contributed by atoms with Gasteiger partial charge in [-0.05, 0) is 38.0 Å². The molecule has 2 aliphatic carbocycles. The lowest BCUT2D eigenvalue weighted by molar-refractivity contribution is -0.122. The highest BCUT2D eigenvalue weighted by molar-refractivity contribution is 7.78. The third-order valence-corrected chi connectivity index (χ3v) is 3.75. The van der Waals surface area contributed by atoms with Gasteiger partial charge in [-0.1, -0.05) is 12.2 Å². The second-order valence-corrected chi connectivity index (χ2v) is 4.58. The molecule has 2 aliphatic rings. The average molecular weight is 197 g/mol. The molecule has 0 heterocycles. The van der Waals surface area contributed by atoms with Gasteiger partial charge in [-0.25, -0.2) is 0 Å². The van der Waals surface area contributed by atoms with Crippen molar-refractivity contribution in [1.29, 1.82) is 0 Å². The van der Waals surface area contributed by atoms with Crippen LogP contribution in [0, 0.1) is 17.8 Å². The SMILES string of the molecule is CC(=O)C1CC2CC(NC=S)C1C2. The van der Waals surface area contributed by atoms with Crippen molar-refractivity contribution in [3.63, 3.8) is 0 Å². The molecule has 0 saturated heterocycles. The third kappa shape index (κ3) is 1.50. The van der Waals surface area contributed by atoms with E-state index in [-0.39, 0.29) is 0 Å². The van der Waals surface area contributed by atoms with Gasteiger partial charge < -0.3 is 5.32 Å².